The Morgan fingerprint density at radius 3 is 2.50 bits per heavy atom. The summed E-state index contributed by atoms with van der Waals surface area (Å²) in [7, 11) is 0. The number of aliphatic hydroxyl groups excluding tert-OH is 1. The van der Waals surface area contributed by atoms with Crippen molar-refractivity contribution in [2.45, 2.75) is 19.5 Å². The predicted octanol–water partition coefficient (Wildman–Crippen LogP) is 0.513. The van der Waals surface area contributed by atoms with Crippen LogP contribution in [0.15, 0.2) is 6.20 Å². The van der Waals surface area contributed by atoms with Crippen LogP contribution in [0.1, 0.15) is 11.1 Å². The first-order valence-corrected chi connectivity index (χ1v) is 4.22. The Labute approximate surface area is 88.8 Å². The van der Waals surface area contributed by atoms with Crippen molar-refractivity contribution in [1.82, 2.24) is 4.98 Å². The summed E-state index contributed by atoms with van der Waals surface area (Å²) < 4.78 is 39.9. The second-order valence-corrected chi connectivity index (χ2v) is 2.89. The number of nitrogens with zero attached hydrogens (tertiary/aromatic N) is 1. The highest BCUT2D eigenvalue weighted by atomic mass is 19.4. The highest BCUT2D eigenvalue weighted by Crippen LogP contribution is 2.32. The lowest BCUT2D eigenvalue weighted by atomic mass is 10.1. The van der Waals surface area contributed by atoms with Gasteiger partial charge in [-0.25, -0.2) is 4.98 Å². The van der Waals surface area contributed by atoms with E-state index in [9.17, 15) is 13.2 Å². The number of ether oxygens (including phenoxy) is 1. The first kappa shape index (κ1) is 12.5. The van der Waals surface area contributed by atoms with Gasteiger partial charge in [0.15, 0.2) is 11.6 Å². The molecule has 0 radical (unpaired) electrons. The number of alkyl halides is 3. The van der Waals surface area contributed by atoms with Crippen LogP contribution in [0.4, 0.5) is 19.0 Å². The van der Waals surface area contributed by atoms with Gasteiger partial charge < -0.3 is 21.3 Å². The van der Waals surface area contributed by atoms with Gasteiger partial charge in [-0.15, -0.1) is 13.2 Å². The van der Waals surface area contributed by atoms with E-state index in [1.165, 1.54) is 6.20 Å². The summed E-state index contributed by atoms with van der Waals surface area (Å²) in [4.78, 5) is 3.50. The zero-order chi connectivity index (χ0) is 12.3. The van der Waals surface area contributed by atoms with Crippen molar-refractivity contribution in [3.63, 3.8) is 0 Å². The third-order valence-electron chi connectivity index (χ3n) is 1.85. The number of halogens is 3. The van der Waals surface area contributed by atoms with Crippen LogP contribution < -0.4 is 16.2 Å². The maximum atomic E-state index is 12.1. The van der Waals surface area contributed by atoms with Gasteiger partial charge in [0.05, 0.1) is 6.61 Å². The fraction of sp³-hybridized carbons (Fsp3) is 0.375. The topological polar surface area (TPSA) is 94.4 Å². The van der Waals surface area contributed by atoms with Gasteiger partial charge in [0.25, 0.3) is 0 Å². The first-order valence-electron chi connectivity index (χ1n) is 4.22. The normalized spacial score (nSPS) is 11.6. The summed E-state index contributed by atoms with van der Waals surface area (Å²) in [5.41, 5.74) is 10.7. The Hall–Kier alpha value is -1.54. The molecule has 0 aromatic carbocycles. The second-order valence-electron chi connectivity index (χ2n) is 2.89. The Morgan fingerprint density at radius 1 is 1.44 bits per heavy atom. The molecule has 1 heterocycles. The minimum atomic E-state index is -4.90. The largest absolute Gasteiger partial charge is 0.573 e. The van der Waals surface area contributed by atoms with Crippen molar-refractivity contribution in [1.29, 1.82) is 0 Å². The predicted molar refractivity (Wildman–Crippen MR) is 49.1 cm³/mol. The molecule has 0 amide bonds. The van der Waals surface area contributed by atoms with Crippen molar-refractivity contribution in [3.05, 3.63) is 17.3 Å². The fourth-order valence-electron chi connectivity index (χ4n) is 1.16. The summed E-state index contributed by atoms with van der Waals surface area (Å²) in [6, 6.07) is 0. The Bertz CT molecular complexity index is 382. The van der Waals surface area contributed by atoms with E-state index >= 15 is 0 Å². The first-order chi connectivity index (χ1) is 7.39. The van der Waals surface area contributed by atoms with Gasteiger partial charge in [0.1, 0.15) is 0 Å². The van der Waals surface area contributed by atoms with Gasteiger partial charge in [-0.1, -0.05) is 0 Å². The van der Waals surface area contributed by atoms with Gasteiger partial charge in [0.2, 0.25) is 0 Å². The lowest BCUT2D eigenvalue weighted by Gasteiger charge is -2.15. The number of aliphatic hydroxyl groups is 1. The minimum absolute atomic E-state index is 0.0720. The number of anilines is 1. The van der Waals surface area contributed by atoms with E-state index in [-0.39, 0.29) is 17.7 Å². The van der Waals surface area contributed by atoms with E-state index in [0.717, 1.165) is 0 Å². The molecule has 0 unspecified atom stereocenters. The average Bonchev–Trinajstić information content (AvgIpc) is 2.19. The van der Waals surface area contributed by atoms with Gasteiger partial charge >= 0.3 is 6.36 Å². The molecular formula is C8H10F3N3O2. The standard InChI is InChI=1S/C8H10F3N3O2/c9-8(10,11)16-6-5(3-15)4(1-12)2-14-7(6)13/h2,15H,1,3,12H2,(H2,13,14). The molecule has 0 bridgehead atoms. The summed E-state index contributed by atoms with van der Waals surface area (Å²) in [6.45, 7) is -0.734. The number of nitrogen functional groups attached to an aromatic ring is 1. The van der Waals surface area contributed by atoms with Crippen LogP contribution in [0.5, 0.6) is 5.75 Å². The molecule has 0 spiro atoms. The zero-order valence-electron chi connectivity index (χ0n) is 8.08. The minimum Gasteiger partial charge on any atom is -0.401 e. The Kier molecular flexibility index (Phi) is 3.55. The van der Waals surface area contributed by atoms with E-state index in [4.69, 9.17) is 16.6 Å². The summed E-state index contributed by atoms with van der Waals surface area (Å²) >= 11 is 0. The van der Waals surface area contributed by atoms with E-state index in [1.807, 2.05) is 0 Å². The molecule has 8 heteroatoms. The smallest absolute Gasteiger partial charge is 0.401 e. The van der Waals surface area contributed by atoms with Crippen LogP contribution in [-0.2, 0) is 13.2 Å². The molecule has 0 saturated heterocycles. The van der Waals surface area contributed by atoms with Crippen LogP contribution >= 0.6 is 0 Å². The van der Waals surface area contributed by atoms with Crippen LogP contribution in [0.2, 0.25) is 0 Å². The third-order valence-corrected chi connectivity index (χ3v) is 1.85. The van der Waals surface area contributed by atoms with Gasteiger partial charge in [-0.05, 0) is 5.56 Å². The number of hydrogen-bond donors (Lipinski definition) is 3. The molecular weight excluding hydrogens is 227 g/mol. The summed E-state index contributed by atoms with van der Waals surface area (Å²) in [5, 5.41) is 8.97. The SMILES string of the molecule is NCc1cnc(N)c(OC(F)(F)F)c1CO. The van der Waals surface area contributed by atoms with Crippen molar-refractivity contribution in [2.75, 3.05) is 5.73 Å². The van der Waals surface area contributed by atoms with Crippen LogP contribution in [0.25, 0.3) is 0 Å². The molecule has 0 atom stereocenters. The van der Waals surface area contributed by atoms with Crippen LogP contribution in [-0.4, -0.2) is 16.5 Å². The number of aromatic nitrogens is 1. The molecule has 16 heavy (non-hydrogen) atoms. The van der Waals surface area contributed by atoms with Gasteiger partial charge in [-0.3, -0.25) is 0 Å². The maximum absolute atomic E-state index is 12.1. The molecule has 1 aromatic rings. The Balaban J connectivity index is 3.23. The van der Waals surface area contributed by atoms with E-state index in [0.29, 0.717) is 0 Å². The van der Waals surface area contributed by atoms with E-state index < -0.39 is 24.5 Å². The molecule has 0 saturated carbocycles. The molecule has 0 fully saturated rings. The molecule has 5 N–H and O–H groups in total. The van der Waals surface area contributed by atoms with E-state index in [1.54, 1.807) is 0 Å². The van der Waals surface area contributed by atoms with Crippen LogP contribution in [0.3, 0.4) is 0 Å². The van der Waals surface area contributed by atoms with Gasteiger partial charge in [-0.2, -0.15) is 0 Å². The third kappa shape index (κ3) is 2.74. The summed E-state index contributed by atoms with van der Waals surface area (Å²) in [6.07, 6.45) is -3.70. The van der Waals surface area contributed by atoms with E-state index in [2.05, 4.69) is 9.72 Å². The average molecular weight is 237 g/mol. The van der Waals surface area contributed by atoms with Crippen molar-refractivity contribution < 1.29 is 23.0 Å². The second kappa shape index (κ2) is 4.54. The van der Waals surface area contributed by atoms with Crippen LogP contribution in [0, 0.1) is 0 Å². The zero-order valence-corrected chi connectivity index (χ0v) is 8.08. The molecule has 5 nitrogen and oxygen atoms in total. The molecule has 1 rings (SSSR count). The number of pyridine rings is 1. The lowest BCUT2D eigenvalue weighted by molar-refractivity contribution is -0.274. The molecule has 0 aliphatic carbocycles. The molecule has 0 aliphatic rings. The Morgan fingerprint density at radius 2 is 2.06 bits per heavy atom. The fourth-order valence-corrected chi connectivity index (χ4v) is 1.16. The highest BCUT2D eigenvalue weighted by molar-refractivity contribution is 5.53. The van der Waals surface area contributed by atoms with Crippen molar-refractivity contribution >= 4 is 5.82 Å². The number of hydrogen-bond acceptors (Lipinski definition) is 5. The molecule has 90 valence electrons. The maximum Gasteiger partial charge on any atom is 0.573 e. The quantitative estimate of drug-likeness (QED) is 0.712. The van der Waals surface area contributed by atoms with Crippen molar-refractivity contribution in [2.24, 2.45) is 5.73 Å². The molecule has 1 aromatic heterocycles. The summed E-state index contributed by atoms with van der Waals surface area (Å²) in [5.74, 6) is -1.14. The lowest BCUT2D eigenvalue weighted by Crippen LogP contribution is -2.20. The monoisotopic (exact) mass is 237 g/mol. The molecule has 0 aliphatic heterocycles. The number of nitrogens with two attached hydrogens (primary N) is 2. The highest BCUT2D eigenvalue weighted by Gasteiger charge is 2.33. The number of rotatable bonds is 3. The van der Waals surface area contributed by atoms with Crippen molar-refractivity contribution in [3.8, 4) is 5.75 Å². The van der Waals surface area contributed by atoms with Gasteiger partial charge in [0, 0.05) is 18.3 Å².